The molecule has 1 fully saturated rings. The first-order chi connectivity index (χ1) is 8.94. The molecule has 4 nitrogen and oxygen atoms in total. The van der Waals surface area contributed by atoms with Crippen molar-refractivity contribution < 1.29 is 8.42 Å². The molecule has 19 heavy (non-hydrogen) atoms. The maximum absolute atomic E-state index is 12.3. The van der Waals surface area contributed by atoms with Crippen molar-refractivity contribution in [1.82, 2.24) is 9.71 Å². The van der Waals surface area contributed by atoms with E-state index in [0.29, 0.717) is 11.8 Å². The van der Waals surface area contributed by atoms with E-state index in [4.69, 9.17) is 11.6 Å². The van der Waals surface area contributed by atoms with Crippen LogP contribution in [0.5, 0.6) is 0 Å². The number of aromatic nitrogens is 1. The number of pyridine rings is 1. The summed E-state index contributed by atoms with van der Waals surface area (Å²) in [6.45, 7) is 4.27. The molecule has 1 aromatic rings. The summed E-state index contributed by atoms with van der Waals surface area (Å²) in [4.78, 5) is 3.98. The first kappa shape index (κ1) is 14.8. The Balaban J connectivity index is 2.14. The Hall–Kier alpha value is -0.650. The van der Waals surface area contributed by atoms with Gasteiger partial charge in [0.05, 0.1) is 4.90 Å². The molecule has 0 bridgehead atoms. The number of nitrogens with zero attached hydrogens (tertiary/aromatic N) is 1. The molecule has 2 rings (SSSR count). The second-order valence-corrected chi connectivity index (χ2v) is 7.25. The number of nitrogens with one attached hydrogen (secondary N) is 1. The van der Waals surface area contributed by atoms with Gasteiger partial charge in [-0.15, -0.1) is 0 Å². The summed E-state index contributed by atoms with van der Waals surface area (Å²) in [7, 11) is -3.51. The van der Waals surface area contributed by atoms with Crippen molar-refractivity contribution in [3.63, 3.8) is 0 Å². The van der Waals surface area contributed by atoms with Gasteiger partial charge in [-0.1, -0.05) is 31.9 Å². The van der Waals surface area contributed by atoms with Gasteiger partial charge in [-0.25, -0.2) is 18.1 Å². The van der Waals surface area contributed by atoms with Crippen molar-refractivity contribution in [2.45, 2.75) is 44.0 Å². The molecule has 3 atom stereocenters. The first-order valence-electron chi connectivity index (χ1n) is 6.58. The Kier molecular flexibility index (Phi) is 4.48. The molecule has 0 spiro atoms. The summed E-state index contributed by atoms with van der Waals surface area (Å²) in [5, 5.41) is 0.189. The van der Waals surface area contributed by atoms with E-state index in [0.717, 1.165) is 19.3 Å². The minimum absolute atomic E-state index is 0.0156. The fourth-order valence-electron chi connectivity index (χ4n) is 2.81. The van der Waals surface area contributed by atoms with E-state index in [1.54, 1.807) is 0 Å². The van der Waals surface area contributed by atoms with E-state index in [2.05, 4.69) is 23.6 Å². The molecule has 1 saturated carbocycles. The lowest BCUT2D eigenvalue weighted by molar-refractivity contribution is 0.368. The molecule has 6 heteroatoms. The van der Waals surface area contributed by atoms with E-state index in [1.165, 1.54) is 18.3 Å². The molecule has 1 N–H and O–H groups in total. The molecule has 1 aromatic heterocycles. The summed E-state index contributed by atoms with van der Waals surface area (Å²) in [6.07, 6.45) is 4.49. The van der Waals surface area contributed by atoms with Gasteiger partial charge in [-0.2, -0.15) is 0 Å². The van der Waals surface area contributed by atoms with E-state index in [9.17, 15) is 8.42 Å². The van der Waals surface area contributed by atoms with Gasteiger partial charge in [0.2, 0.25) is 10.0 Å². The number of hydrogen-bond acceptors (Lipinski definition) is 3. The van der Waals surface area contributed by atoms with Gasteiger partial charge in [0, 0.05) is 12.2 Å². The Morgan fingerprint density at radius 1 is 1.47 bits per heavy atom. The zero-order valence-corrected chi connectivity index (χ0v) is 12.7. The predicted octanol–water partition coefficient (Wildman–Crippen LogP) is 2.84. The van der Waals surface area contributed by atoms with Gasteiger partial charge in [0.1, 0.15) is 5.15 Å². The molecule has 0 saturated heterocycles. The van der Waals surface area contributed by atoms with Gasteiger partial charge >= 0.3 is 0 Å². The molecule has 0 aromatic carbocycles. The molecular weight excluding hydrogens is 284 g/mol. The largest absolute Gasteiger partial charge is 0.244 e. The van der Waals surface area contributed by atoms with Crippen molar-refractivity contribution in [1.29, 1.82) is 0 Å². The Morgan fingerprint density at radius 3 is 2.79 bits per heavy atom. The minimum atomic E-state index is -3.51. The Morgan fingerprint density at radius 2 is 2.21 bits per heavy atom. The number of sulfonamides is 1. The monoisotopic (exact) mass is 302 g/mol. The van der Waals surface area contributed by atoms with Crippen LogP contribution in [0.1, 0.15) is 33.1 Å². The van der Waals surface area contributed by atoms with Gasteiger partial charge in [0.25, 0.3) is 0 Å². The second kappa shape index (κ2) is 5.77. The molecule has 0 radical (unpaired) electrons. The lowest BCUT2D eigenvalue weighted by Gasteiger charge is -2.20. The number of hydrogen-bond donors (Lipinski definition) is 1. The van der Waals surface area contributed by atoms with Crippen LogP contribution < -0.4 is 4.72 Å². The molecule has 1 aliphatic rings. The molecule has 1 heterocycles. The van der Waals surface area contributed by atoms with Crippen LogP contribution >= 0.6 is 11.6 Å². The van der Waals surface area contributed by atoms with Crippen molar-refractivity contribution >= 4 is 21.6 Å². The summed E-state index contributed by atoms with van der Waals surface area (Å²) in [5.41, 5.74) is 0. The maximum atomic E-state index is 12.3. The molecule has 3 unspecified atom stereocenters. The van der Waals surface area contributed by atoms with Crippen LogP contribution in [0.3, 0.4) is 0 Å². The molecular formula is C13H19ClN2O2S. The van der Waals surface area contributed by atoms with Crippen molar-refractivity contribution in [3.8, 4) is 0 Å². The Bertz CT molecular complexity index is 547. The number of halogens is 1. The van der Waals surface area contributed by atoms with E-state index in [1.807, 2.05) is 0 Å². The number of rotatable bonds is 4. The van der Waals surface area contributed by atoms with E-state index < -0.39 is 10.0 Å². The quantitative estimate of drug-likeness (QED) is 0.870. The summed E-state index contributed by atoms with van der Waals surface area (Å²) < 4.78 is 27.4. The lowest BCUT2D eigenvalue weighted by atomic mass is 9.94. The van der Waals surface area contributed by atoms with E-state index >= 15 is 0 Å². The SMILES string of the molecule is CCC1CCC(NS(=O)(=O)c2ccnc(Cl)c2)C1C. The van der Waals surface area contributed by atoms with Crippen molar-refractivity contribution in [2.75, 3.05) is 0 Å². The molecule has 1 aliphatic carbocycles. The average molecular weight is 303 g/mol. The topological polar surface area (TPSA) is 59.1 Å². The van der Waals surface area contributed by atoms with Crippen LogP contribution in [0.25, 0.3) is 0 Å². The van der Waals surface area contributed by atoms with Crippen LogP contribution in [0.15, 0.2) is 23.2 Å². The van der Waals surface area contributed by atoms with Crippen molar-refractivity contribution in [3.05, 3.63) is 23.5 Å². The summed E-state index contributed by atoms with van der Waals surface area (Å²) in [6, 6.07) is 2.85. The van der Waals surface area contributed by atoms with Gasteiger partial charge in [-0.05, 0) is 36.8 Å². The smallest absolute Gasteiger partial charge is 0.240 e. The minimum Gasteiger partial charge on any atom is -0.244 e. The highest BCUT2D eigenvalue weighted by Gasteiger charge is 2.34. The van der Waals surface area contributed by atoms with Gasteiger partial charge < -0.3 is 0 Å². The zero-order valence-electron chi connectivity index (χ0n) is 11.1. The standard InChI is InChI=1S/C13H19ClN2O2S/c1-3-10-4-5-12(9(10)2)16-19(17,18)11-6-7-15-13(14)8-11/h6-10,12,16H,3-5H2,1-2H3. The van der Waals surface area contributed by atoms with Crippen LogP contribution in [-0.4, -0.2) is 19.4 Å². The van der Waals surface area contributed by atoms with Crippen molar-refractivity contribution in [2.24, 2.45) is 11.8 Å². The first-order valence-corrected chi connectivity index (χ1v) is 8.44. The summed E-state index contributed by atoms with van der Waals surface area (Å²) in [5.74, 6) is 0.978. The van der Waals surface area contributed by atoms with Crippen LogP contribution in [0.4, 0.5) is 0 Å². The highest BCUT2D eigenvalue weighted by atomic mass is 35.5. The molecule has 0 amide bonds. The second-order valence-electron chi connectivity index (χ2n) is 5.15. The lowest BCUT2D eigenvalue weighted by Crippen LogP contribution is -2.37. The zero-order chi connectivity index (χ0) is 14.0. The fraction of sp³-hybridized carbons (Fsp3) is 0.615. The highest BCUT2D eigenvalue weighted by molar-refractivity contribution is 7.89. The fourth-order valence-corrected chi connectivity index (χ4v) is 4.42. The van der Waals surface area contributed by atoms with Gasteiger partial charge in [0.15, 0.2) is 0 Å². The van der Waals surface area contributed by atoms with Crippen LogP contribution in [-0.2, 0) is 10.0 Å². The highest BCUT2D eigenvalue weighted by Crippen LogP contribution is 2.34. The molecule has 0 aliphatic heterocycles. The van der Waals surface area contributed by atoms with Crippen LogP contribution in [0, 0.1) is 11.8 Å². The van der Waals surface area contributed by atoms with Crippen LogP contribution in [0.2, 0.25) is 5.15 Å². The summed E-state index contributed by atoms with van der Waals surface area (Å²) >= 11 is 5.74. The van der Waals surface area contributed by atoms with Gasteiger partial charge in [-0.3, -0.25) is 0 Å². The maximum Gasteiger partial charge on any atom is 0.240 e. The molecule has 106 valence electrons. The average Bonchev–Trinajstić information content (AvgIpc) is 2.70. The normalized spacial score (nSPS) is 27.6. The Labute approximate surface area is 119 Å². The third-order valence-corrected chi connectivity index (χ3v) is 5.76. The predicted molar refractivity (Wildman–Crippen MR) is 75.5 cm³/mol. The third kappa shape index (κ3) is 3.27. The third-order valence-electron chi connectivity index (χ3n) is 4.07. The van der Waals surface area contributed by atoms with E-state index in [-0.39, 0.29) is 16.1 Å².